The summed E-state index contributed by atoms with van der Waals surface area (Å²) in [7, 11) is 1.49. The third kappa shape index (κ3) is 5.98. The topological polar surface area (TPSA) is 152 Å². The zero-order chi connectivity index (χ0) is 27.2. The molecule has 0 saturated heterocycles. The number of aliphatic carboxylic acids is 1. The summed E-state index contributed by atoms with van der Waals surface area (Å²) in [5, 5.41) is 24.7. The Labute approximate surface area is 216 Å². The van der Waals surface area contributed by atoms with E-state index >= 15 is 0 Å². The van der Waals surface area contributed by atoms with Gasteiger partial charge in [0.1, 0.15) is 11.2 Å². The maximum Gasteiger partial charge on any atom is 0.339 e. The lowest BCUT2D eigenvalue weighted by molar-refractivity contribution is -0.132. The molecule has 1 aliphatic carbocycles. The monoisotopic (exact) mass is 513 g/mol. The van der Waals surface area contributed by atoms with Gasteiger partial charge in [-0.05, 0) is 50.6 Å². The van der Waals surface area contributed by atoms with Crippen LogP contribution in [-0.2, 0) is 9.53 Å². The standard InChI is InChI=1S/C27H35N3O7/c1-5-27(11-6-8-19-23(27)24(28)22(26(33)34)17(3)30-19)37-15-16(2)29-25(32)18-9-10-20(21(14-18)35-4)36-13-7-12-31/h6,8-11,14,16,30-31H,5,7,12-13,15,28H2,1-4H3,(H,29,32)(H,33,34). The van der Waals surface area contributed by atoms with Gasteiger partial charge in [-0.2, -0.15) is 0 Å². The maximum atomic E-state index is 12.9. The van der Waals surface area contributed by atoms with E-state index in [1.165, 1.54) is 7.11 Å². The van der Waals surface area contributed by atoms with Gasteiger partial charge in [0.25, 0.3) is 5.91 Å². The number of carbonyl (C=O) groups is 2. The van der Waals surface area contributed by atoms with E-state index in [9.17, 15) is 14.7 Å². The first-order valence-corrected chi connectivity index (χ1v) is 12.2. The highest BCUT2D eigenvalue weighted by molar-refractivity contribution is 5.95. The number of nitrogens with one attached hydrogen (secondary N) is 2. The number of ether oxygens (including phenoxy) is 3. The van der Waals surface area contributed by atoms with Crippen molar-refractivity contribution < 1.29 is 34.0 Å². The fraction of sp³-hybridized carbons (Fsp3) is 0.407. The number of rotatable bonds is 12. The number of aliphatic hydroxyl groups excluding tert-OH is 1. The van der Waals surface area contributed by atoms with Crippen LogP contribution in [0.4, 0.5) is 0 Å². The largest absolute Gasteiger partial charge is 0.493 e. The predicted octanol–water partition coefficient (Wildman–Crippen LogP) is 2.37. The van der Waals surface area contributed by atoms with Gasteiger partial charge >= 0.3 is 5.97 Å². The molecule has 2 atom stereocenters. The Morgan fingerprint density at radius 2 is 2.03 bits per heavy atom. The Morgan fingerprint density at radius 3 is 2.68 bits per heavy atom. The van der Waals surface area contributed by atoms with E-state index < -0.39 is 11.6 Å². The quantitative estimate of drug-likeness (QED) is 0.265. The molecule has 2 aliphatic rings. The molecule has 10 nitrogen and oxygen atoms in total. The van der Waals surface area contributed by atoms with Crippen molar-refractivity contribution in [3.8, 4) is 11.5 Å². The van der Waals surface area contributed by atoms with Crippen LogP contribution in [0.1, 0.15) is 44.0 Å². The molecule has 0 saturated carbocycles. The van der Waals surface area contributed by atoms with Crippen LogP contribution in [0.25, 0.3) is 0 Å². The number of amides is 1. The number of fused-ring (bicyclic) bond motifs is 1. The Hall–Kier alpha value is -3.76. The zero-order valence-corrected chi connectivity index (χ0v) is 21.6. The molecule has 0 spiro atoms. The minimum absolute atomic E-state index is 0.0166. The number of methoxy groups -OCH3 is 1. The van der Waals surface area contributed by atoms with Gasteiger partial charge in [0, 0.05) is 41.6 Å². The smallest absolute Gasteiger partial charge is 0.339 e. The predicted molar refractivity (Wildman–Crippen MR) is 138 cm³/mol. The van der Waals surface area contributed by atoms with Crippen LogP contribution in [0.15, 0.2) is 64.7 Å². The van der Waals surface area contributed by atoms with E-state index in [4.69, 9.17) is 25.1 Å². The summed E-state index contributed by atoms with van der Waals surface area (Å²) >= 11 is 0. The Bertz CT molecular complexity index is 1170. The molecule has 0 bridgehead atoms. The Balaban J connectivity index is 1.73. The lowest BCUT2D eigenvalue weighted by atomic mass is 9.80. The summed E-state index contributed by atoms with van der Waals surface area (Å²) in [5.74, 6) is -0.532. The van der Waals surface area contributed by atoms with Crippen LogP contribution >= 0.6 is 0 Å². The van der Waals surface area contributed by atoms with Crippen molar-refractivity contribution in [2.75, 3.05) is 26.9 Å². The van der Waals surface area contributed by atoms with Gasteiger partial charge in [-0.25, -0.2) is 4.79 Å². The van der Waals surface area contributed by atoms with E-state index in [-0.39, 0.29) is 36.4 Å². The summed E-state index contributed by atoms with van der Waals surface area (Å²) in [6.07, 6.45) is 6.52. The van der Waals surface area contributed by atoms with Gasteiger partial charge in [-0.15, -0.1) is 0 Å². The Kier molecular flexibility index (Phi) is 9.01. The number of carboxylic acids is 1. The molecule has 1 aromatic carbocycles. The van der Waals surface area contributed by atoms with Gasteiger partial charge in [-0.3, -0.25) is 4.79 Å². The second-order valence-electron chi connectivity index (χ2n) is 8.88. The summed E-state index contributed by atoms with van der Waals surface area (Å²) in [6, 6.07) is 4.50. The molecule has 6 N–H and O–H groups in total. The normalized spacial score (nSPS) is 19.5. The average molecular weight is 514 g/mol. The van der Waals surface area contributed by atoms with E-state index in [0.29, 0.717) is 53.5 Å². The van der Waals surface area contributed by atoms with Crippen LogP contribution in [0.5, 0.6) is 11.5 Å². The summed E-state index contributed by atoms with van der Waals surface area (Å²) < 4.78 is 17.3. The molecule has 1 heterocycles. The minimum atomic E-state index is -1.12. The number of carbonyl (C=O) groups excluding carboxylic acids is 1. The molecule has 1 amide bonds. The van der Waals surface area contributed by atoms with Crippen LogP contribution < -0.4 is 25.8 Å². The number of dihydropyridines is 1. The minimum Gasteiger partial charge on any atom is -0.493 e. The lowest BCUT2D eigenvalue weighted by Gasteiger charge is -2.40. The summed E-state index contributed by atoms with van der Waals surface area (Å²) in [5.41, 5.74) is 7.68. The van der Waals surface area contributed by atoms with Crippen molar-refractivity contribution in [3.63, 3.8) is 0 Å². The first-order valence-electron chi connectivity index (χ1n) is 12.2. The first-order chi connectivity index (χ1) is 17.7. The van der Waals surface area contributed by atoms with Gasteiger partial charge in [0.15, 0.2) is 11.5 Å². The Morgan fingerprint density at radius 1 is 1.27 bits per heavy atom. The van der Waals surface area contributed by atoms with Crippen molar-refractivity contribution in [3.05, 3.63) is 70.2 Å². The fourth-order valence-electron chi connectivity index (χ4n) is 4.35. The summed E-state index contributed by atoms with van der Waals surface area (Å²) in [6.45, 7) is 5.92. The summed E-state index contributed by atoms with van der Waals surface area (Å²) in [4.78, 5) is 24.7. The van der Waals surface area contributed by atoms with Gasteiger partial charge in [0.2, 0.25) is 0 Å². The number of hydrogen-bond acceptors (Lipinski definition) is 8. The second-order valence-corrected chi connectivity index (χ2v) is 8.88. The van der Waals surface area contributed by atoms with E-state index in [0.717, 1.165) is 0 Å². The number of benzene rings is 1. The number of hydrogen-bond donors (Lipinski definition) is 5. The maximum absolute atomic E-state index is 12.9. The van der Waals surface area contributed by atoms with Crippen molar-refractivity contribution in [2.24, 2.45) is 5.73 Å². The lowest BCUT2D eigenvalue weighted by Crippen LogP contribution is -2.45. The van der Waals surface area contributed by atoms with Crippen LogP contribution in [0, 0.1) is 0 Å². The van der Waals surface area contributed by atoms with E-state index in [1.54, 1.807) is 25.1 Å². The highest BCUT2D eigenvalue weighted by Gasteiger charge is 2.41. The molecule has 1 aromatic rings. The van der Waals surface area contributed by atoms with Crippen molar-refractivity contribution in [1.82, 2.24) is 10.6 Å². The molecule has 0 radical (unpaired) electrons. The van der Waals surface area contributed by atoms with E-state index in [2.05, 4.69) is 10.6 Å². The molecule has 10 heteroatoms. The van der Waals surface area contributed by atoms with Crippen LogP contribution in [0.2, 0.25) is 0 Å². The number of carboxylic acid groups (broad SMARTS) is 1. The van der Waals surface area contributed by atoms with Crippen LogP contribution in [0.3, 0.4) is 0 Å². The molecule has 0 fully saturated rings. The van der Waals surface area contributed by atoms with Crippen molar-refractivity contribution in [1.29, 1.82) is 0 Å². The number of nitrogens with two attached hydrogens (primary N) is 1. The highest BCUT2D eigenvalue weighted by Crippen LogP contribution is 2.40. The van der Waals surface area contributed by atoms with Crippen molar-refractivity contribution >= 4 is 11.9 Å². The average Bonchev–Trinajstić information content (AvgIpc) is 2.87. The van der Waals surface area contributed by atoms with Crippen LogP contribution in [-0.4, -0.2) is 60.7 Å². The second kappa shape index (κ2) is 12.0. The first kappa shape index (κ1) is 27.8. The molecule has 3 rings (SSSR count). The fourth-order valence-corrected chi connectivity index (χ4v) is 4.35. The van der Waals surface area contributed by atoms with Gasteiger partial charge in [0.05, 0.1) is 26.0 Å². The molecule has 0 aromatic heterocycles. The molecular formula is C27H35N3O7. The number of aliphatic hydroxyl groups is 1. The van der Waals surface area contributed by atoms with Gasteiger partial charge in [-0.1, -0.05) is 13.0 Å². The number of allylic oxidation sites excluding steroid dienone is 3. The highest BCUT2D eigenvalue weighted by atomic mass is 16.5. The van der Waals surface area contributed by atoms with E-state index in [1.807, 2.05) is 32.1 Å². The van der Waals surface area contributed by atoms with Gasteiger partial charge < -0.3 is 40.8 Å². The van der Waals surface area contributed by atoms with Crippen molar-refractivity contribution in [2.45, 2.75) is 45.3 Å². The molecule has 200 valence electrons. The third-order valence-electron chi connectivity index (χ3n) is 6.25. The molecule has 2 unspecified atom stereocenters. The molecule has 37 heavy (non-hydrogen) atoms. The third-order valence-corrected chi connectivity index (χ3v) is 6.25. The SMILES string of the molecule is CCC1(OCC(C)NC(=O)c2ccc(OCCCO)c(OC)c2)C=CC=C2NC(C)=C(C(=O)O)C(N)=C21. The zero-order valence-electron chi connectivity index (χ0n) is 21.6. The molecular weight excluding hydrogens is 478 g/mol. The molecule has 1 aliphatic heterocycles.